The van der Waals surface area contributed by atoms with Crippen LogP contribution >= 0.6 is 43.5 Å². The van der Waals surface area contributed by atoms with Gasteiger partial charge in [-0.3, -0.25) is 4.79 Å². The highest BCUT2D eigenvalue weighted by Gasteiger charge is 2.14. The van der Waals surface area contributed by atoms with Gasteiger partial charge in [-0.2, -0.15) is 5.10 Å². The molecule has 0 aromatic heterocycles. The molecule has 1 amide bonds. The van der Waals surface area contributed by atoms with Crippen molar-refractivity contribution in [1.82, 2.24) is 5.43 Å². The number of hydrazone groups is 1. The van der Waals surface area contributed by atoms with Gasteiger partial charge >= 0.3 is 0 Å². The quantitative estimate of drug-likeness (QED) is 0.362. The number of amides is 1. The Morgan fingerprint density at radius 3 is 2.54 bits per heavy atom. The fourth-order valence-corrected chi connectivity index (χ4v) is 3.59. The van der Waals surface area contributed by atoms with Crippen molar-refractivity contribution in [3.8, 4) is 17.2 Å². The molecular weight excluding hydrogens is 515 g/mol. The summed E-state index contributed by atoms with van der Waals surface area (Å²) in [5, 5.41) is 14.1. The van der Waals surface area contributed by atoms with Crippen LogP contribution in [0, 0.1) is 0 Å². The van der Waals surface area contributed by atoms with E-state index in [1.807, 2.05) is 13.8 Å². The summed E-state index contributed by atoms with van der Waals surface area (Å²) in [4.78, 5) is 12.2. The van der Waals surface area contributed by atoms with Gasteiger partial charge in [0.1, 0.15) is 5.75 Å². The molecule has 0 saturated heterocycles. The number of carbonyl (C=O) groups excluding carboxylic acids is 1. The van der Waals surface area contributed by atoms with Crippen LogP contribution < -0.4 is 14.9 Å². The van der Waals surface area contributed by atoms with Crippen molar-refractivity contribution in [3.05, 3.63) is 49.4 Å². The summed E-state index contributed by atoms with van der Waals surface area (Å²) in [5.41, 5.74) is 3.38. The minimum absolute atomic E-state index is 0.00541. The number of halogens is 3. The first-order valence-electron chi connectivity index (χ1n) is 8.32. The molecule has 2 N–H and O–H groups in total. The number of phenolic OH excluding ortho intramolecular Hbond substituents is 1. The van der Waals surface area contributed by atoms with Gasteiger partial charge in [0, 0.05) is 5.56 Å². The Labute approximate surface area is 185 Å². The first-order chi connectivity index (χ1) is 13.3. The van der Waals surface area contributed by atoms with E-state index in [1.165, 1.54) is 25.5 Å². The fourth-order valence-electron chi connectivity index (χ4n) is 2.14. The maximum Gasteiger partial charge on any atom is 0.271 e. The lowest BCUT2D eigenvalue weighted by Gasteiger charge is -2.17. The third kappa shape index (κ3) is 5.62. The molecule has 6 nitrogen and oxygen atoms in total. The number of methoxy groups -OCH3 is 1. The number of nitrogens with one attached hydrogen (secondary N) is 1. The van der Waals surface area contributed by atoms with E-state index >= 15 is 0 Å². The molecule has 0 unspecified atom stereocenters. The standard InChI is InChI=1S/C19H19Br2ClN2O4/c1-4-10(2)28-18-15(22)5-11(6-16(18)27-3)9-23-24-19(26)12-7-13(20)17(25)14(21)8-12/h5-10,25H,4H2,1-3H3,(H,24,26)/b23-9-/t10-/m1/s1. The number of carbonyl (C=O) groups is 1. The zero-order valence-electron chi connectivity index (χ0n) is 15.4. The predicted molar refractivity (Wildman–Crippen MR) is 117 cm³/mol. The lowest BCUT2D eigenvalue weighted by atomic mass is 10.2. The number of rotatable bonds is 7. The van der Waals surface area contributed by atoms with Crippen molar-refractivity contribution >= 4 is 55.6 Å². The normalized spacial score (nSPS) is 12.1. The summed E-state index contributed by atoms with van der Waals surface area (Å²) in [6, 6.07) is 6.37. The Balaban J connectivity index is 2.16. The van der Waals surface area contributed by atoms with Crippen LogP contribution in [0.5, 0.6) is 17.2 Å². The Hall–Kier alpha value is -1.77. The SMILES string of the molecule is CC[C@@H](C)Oc1c(Cl)cc(/C=N\NC(=O)c2cc(Br)c(O)c(Br)c2)cc1OC. The minimum Gasteiger partial charge on any atom is -0.506 e. The van der Waals surface area contributed by atoms with Crippen molar-refractivity contribution in [1.29, 1.82) is 0 Å². The molecule has 2 rings (SSSR count). The third-order valence-corrected chi connectivity index (χ3v) is 5.29. The molecule has 2 aromatic carbocycles. The highest BCUT2D eigenvalue weighted by atomic mass is 79.9. The highest BCUT2D eigenvalue weighted by Crippen LogP contribution is 2.37. The highest BCUT2D eigenvalue weighted by molar-refractivity contribution is 9.11. The van der Waals surface area contributed by atoms with E-state index < -0.39 is 5.91 Å². The number of nitrogens with zero attached hydrogens (tertiary/aromatic N) is 1. The average Bonchev–Trinajstić information content (AvgIpc) is 2.67. The Morgan fingerprint density at radius 2 is 1.96 bits per heavy atom. The molecule has 2 aromatic rings. The molecule has 0 bridgehead atoms. The first kappa shape index (κ1) is 22.5. The number of hydrogen-bond donors (Lipinski definition) is 2. The first-order valence-corrected chi connectivity index (χ1v) is 10.3. The van der Waals surface area contributed by atoms with Crippen LogP contribution in [0.1, 0.15) is 36.2 Å². The van der Waals surface area contributed by atoms with Gasteiger partial charge in [0.2, 0.25) is 0 Å². The van der Waals surface area contributed by atoms with Crippen molar-refractivity contribution in [3.63, 3.8) is 0 Å². The van der Waals surface area contributed by atoms with Gasteiger partial charge in [0.25, 0.3) is 5.91 Å². The van der Waals surface area contributed by atoms with E-state index in [-0.39, 0.29) is 11.9 Å². The van der Waals surface area contributed by atoms with Gasteiger partial charge in [-0.25, -0.2) is 5.43 Å². The molecule has 0 spiro atoms. The van der Waals surface area contributed by atoms with Crippen LogP contribution in [0.15, 0.2) is 38.3 Å². The van der Waals surface area contributed by atoms with Crippen LogP contribution in [-0.4, -0.2) is 30.4 Å². The lowest BCUT2D eigenvalue weighted by molar-refractivity contribution is 0.0955. The number of hydrogen-bond acceptors (Lipinski definition) is 5. The number of benzene rings is 2. The molecule has 0 fully saturated rings. The lowest BCUT2D eigenvalue weighted by Crippen LogP contribution is -2.17. The van der Waals surface area contributed by atoms with E-state index in [9.17, 15) is 9.90 Å². The van der Waals surface area contributed by atoms with Crippen LogP contribution in [-0.2, 0) is 0 Å². The van der Waals surface area contributed by atoms with Gasteiger partial charge in [-0.05, 0) is 75.0 Å². The molecule has 0 heterocycles. The maximum atomic E-state index is 12.2. The van der Waals surface area contributed by atoms with Crippen molar-refractivity contribution in [2.24, 2.45) is 5.10 Å². The second-order valence-electron chi connectivity index (χ2n) is 5.86. The summed E-state index contributed by atoms with van der Waals surface area (Å²) >= 11 is 12.7. The van der Waals surface area contributed by atoms with Crippen LogP contribution in [0.2, 0.25) is 5.02 Å². The summed E-state index contributed by atoms with van der Waals surface area (Å²) in [6.07, 6.45) is 2.27. The van der Waals surface area contributed by atoms with Gasteiger partial charge < -0.3 is 14.6 Å². The summed E-state index contributed by atoms with van der Waals surface area (Å²) in [7, 11) is 1.53. The van der Waals surface area contributed by atoms with Gasteiger partial charge in [0.15, 0.2) is 11.5 Å². The molecule has 0 aliphatic heterocycles. The van der Waals surface area contributed by atoms with Gasteiger partial charge in [-0.15, -0.1) is 0 Å². The largest absolute Gasteiger partial charge is 0.506 e. The molecule has 0 radical (unpaired) electrons. The Morgan fingerprint density at radius 1 is 1.32 bits per heavy atom. The maximum absolute atomic E-state index is 12.2. The van der Waals surface area contributed by atoms with Crippen LogP contribution in [0.3, 0.4) is 0 Å². The Kier molecular flexibility index (Phi) is 8.15. The van der Waals surface area contributed by atoms with E-state index in [2.05, 4.69) is 42.4 Å². The van der Waals surface area contributed by atoms with Gasteiger partial charge in [-0.1, -0.05) is 18.5 Å². The monoisotopic (exact) mass is 532 g/mol. The number of aromatic hydroxyl groups is 1. The van der Waals surface area contributed by atoms with E-state index in [4.69, 9.17) is 21.1 Å². The smallest absolute Gasteiger partial charge is 0.271 e. The molecule has 0 saturated carbocycles. The molecule has 150 valence electrons. The molecule has 9 heteroatoms. The second kappa shape index (κ2) is 10.1. The minimum atomic E-state index is -0.438. The van der Waals surface area contributed by atoms with Crippen molar-refractivity contribution in [2.45, 2.75) is 26.4 Å². The molecular formula is C19H19Br2ClN2O4. The topological polar surface area (TPSA) is 80.2 Å². The number of ether oxygens (including phenoxy) is 2. The van der Waals surface area contributed by atoms with E-state index in [0.29, 0.717) is 36.6 Å². The zero-order valence-corrected chi connectivity index (χ0v) is 19.4. The zero-order chi connectivity index (χ0) is 20.8. The van der Waals surface area contributed by atoms with E-state index in [0.717, 1.165) is 6.42 Å². The van der Waals surface area contributed by atoms with Crippen molar-refractivity contribution in [2.75, 3.05) is 7.11 Å². The van der Waals surface area contributed by atoms with Crippen LogP contribution in [0.25, 0.3) is 0 Å². The Bertz CT molecular complexity index is 883. The average molecular weight is 535 g/mol. The molecule has 1 atom stereocenters. The summed E-state index contributed by atoms with van der Waals surface area (Å²) in [6.45, 7) is 3.96. The number of phenols is 1. The van der Waals surface area contributed by atoms with E-state index in [1.54, 1.807) is 12.1 Å². The summed E-state index contributed by atoms with van der Waals surface area (Å²) < 4.78 is 11.9. The van der Waals surface area contributed by atoms with Crippen molar-refractivity contribution < 1.29 is 19.4 Å². The summed E-state index contributed by atoms with van der Waals surface area (Å²) in [5.74, 6) is 0.527. The molecule has 28 heavy (non-hydrogen) atoms. The molecule has 0 aliphatic carbocycles. The van der Waals surface area contributed by atoms with Crippen LogP contribution in [0.4, 0.5) is 0 Å². The third-order valence-electron chi connectivity index (χ3n) is 3.80. The predicted octanol–water partition coefficient (Wildman–Crippen LogP) is 5.52. The van der Waals surface area contributed by atoms with Gasteiger partial charge in [0.05, 0.1) is 33.4 Å². The fraction of sp³-hybridized carbons (Fsp3) is 0.263. The second-order valence-corrected chi connectivity index (χ2v) is 7.97. The molecule has 0 aliphatic rings.